The van der Waals surface area contributed by atoms with Crippen LogP contribution in [0.1, 0.15) is 38.7 Å². The monoisotopic (exact) mass is 382 g/mol. The molecular weight excluding hydrogens is 362 g/mol. The summed E-state index contributed by atoms with van der Waals surface area (Å²) in [6.07, 6.45) is 3.62. The molecule has 0 aliphatic heterocycles. The summed E-state index contributed by atoms with van der Waals surface area (Å²) in [6.45, 7) is 4.14. The van der Waals surface area contributed by atoms with E-state index in [1.807, 2.05) is 37.3 Å². The number of halogens is 1. The molecule has 2 nitrogen and oxygen atoms in total. The first-order valence-electron chi connectivity index (χ1n) is 6.45. The minimum atomic E-state index is -0.949. The molecule has 0 amide bonds. The van der Waals surface area contributed by atoms with Gasteiger partial charge in [-0.25, -0.2) is 0 Å². The molecule has 0 spiro atoms. The van der Waals surface area contributed by atoms with Gasteiger partial charge >= 0.3 is 29.6 Å². The van der Waals surface area contributed by atoms with Crippen molar-refractivity contribution in [1.29, 1.82) is 0 Å². The Kier molecular flexibility index (Phi) is 9.58. The van der Waals surface area contributed by atoms with Crippen LogP contribution in [0.15, 0.2) is 30.3 Å². The van der Waals surface area contributed by atoms with Gasteiger partial charge in [0.15, 0.2) is 0 Å². The molecule has 19 heavy (non-hydrogen) atoms. The van der Waals surface area contributed by atoms with Crippen molar-refractivity contribution in [2.24, 2.45) is 5.92 Å². The van der Waals surface area contributed by atoms with Gasteiger partial charge in [-0.1, -0.05) is 79.6 Å². The molecule has 0 fully saturated rings. The number of unbranched alkanes of at least 4 members (excludes halogenated alkanes) is 1. The summed E-state index contributed by atoms with van der Waals surface area (Å²) >= 11 is 2.07. The van der Waals surface area contributed by atoms with E-state index < -0.39 is 9.39 Å². The molecule has 0 saturated carbocycles. The first kappa shape index (κ1) is 19.4. The molecule has 100 valence electrons. The number of aliphatic carboxylic acids is 1. The van der Waals surface area contributed by atoms with Crippen LogP contribution in [-0.2, 0) is 11.2 Å². The summed E-state index contributed by atoms with van der Waals surface area (Å²) in [5.74, 6) is -0.834. The van der Waals surface area contributed by atoms with Gasteiger partial charge in [-0.3, -0.25) is 0 Å². The fraction of sp³-hybridized carbons (Fsp3) is 0.533. The Morgan fingerprint density at radius 2 is 1.95 bits per heavy atom. The Labute approximate surface area is 151 Å². The van der Waals surface area contributed by atoms with E-state index in [-0.39, 0.29) is 35.5 Å². The standard InChI is InChI=1S/C15H21IO2.Na/c1-3-4-8-12(2)15(16,14(17)18)11-13-9-6-5-7-10-13;/h5-7,9-10,12H,3-4,8,11H2,1-2H3,(H,17,18);/q;+1/p-1. The number of benzene rings is 1. The average molecular weight is 382 g/mol. The van der Waals surface area contributed by atoms with E-state index in [1.165, 1.54) is 0 Å². The van der Waals surface area contributed by atoms with Crippen molar-refractivity contribution in [2.45, 2.75) is 43.0 Å². The van der Waals surface area contributed by atoms with Crippen LogP contribution >= 0.6 is 22.6 Å². The maximum atomic E-state index is 11.5. The van der Waals surface area contributed by atoms with Crippen molar-refractivity contribution in [3.8, 4) is 0 Å². The van der Waals surface area contributed by atoms with Crippen LogP contribution in [0.4, 0.5) is 0 Å². The van der Waals surface area contributed by atoms with Gasteiger partial charge in [0.1, 0.15) is 0 Å². The zero-order valence-electron chi connectivity index (χ0n) is 12.0. The average Bonchev–Trinajstić information content (AvgIpc) is 2.36. The Morgan fingerprint density at radius 3 is 2.42 bits per heavy atom. The fourth-order valence-electron chi connectivity index (χ4n) is 2.08. The zero-order chi connectivity index (χ0) is 13.6. The SMILES string of the molecule is CCCCC(C)C(I)(Cc1ccccc1)C(=O)[O-].[Na+]. The van der Waals surface area contributed by atoms with E-state index in [0.29, 0.717) is 6.42 Å². The molecule has 0 aliphatic rings. The normalized spacial score (nSPS) is 15.1. The number of rotatable bonds is 7. The molecule has 2 unspecified atom stereocenters. The van der Waals surface area contributed by atoms with Crippen LogP contribution in [-0.4, -0.2) is 9.39 Å². The molecule has 2 atom stereocenters. The molecule has 4 heteroatoms. The Bertz CT molecular complexity index is 383. The largest absolute Gasteiger partial charge is 1.00 e. The second kappa shape index (κ2) is 9.37. The fourth-order valence-corrected chi connectivity index (χ4v) is 2.83. The van der Waals surface area contributed by atoms with Gasteiger partial charge in [-0.2, -0.15) is 0 Å². The summed E-state index contributed by atoms with van der Waals surface area (Å²) in [5, 5.41) is 11.5. The predicted molar refractivity (Wildman–Crippen MR) is 80.6 cm³/mol. The molecular formula is C15H20INaO2. The van der Waals surface area contributed by atoms with E-state index in [9.17, 15) is 9.90 Å². The molecule has 0 aliphatic carbocycles. The van der Waals surface area contributed by atoms with Gasteiger partial charge in [0, 0.05) is 0 Å². The third kappa shape index (κ3) is 5.74. The molecule has 1 rings (SSSR count). The van der Waals surface area contributed by atoms with E-state index >= 15 is 0 Å². The Morgan fingerprint density at radius 1 is 1.37 bits per heavy atom. The predicted octanol–water partition coefficient (Wildman–Crippen LogP) is -0.0169. The van der Waals surface area contributed by atoms with Crippen molar-refractivity contribution in [3.63, 3.8) is 0 Å². The summed E-state index contributed by atoms with van der Waals surface area (Å²) < 4.78 is -0.811. The van der Waals surface area contributed by atoms with Gasteiger partial charge in [-0.15, -0.1) is 0 Å². The summed E-state index contributed by atoms with van der Waals surface area (Å²) in [7, 11) is 0. The molecule has 0 N–H and O–H groups in total. The molecule has 1 aromatic carbocycles. The van der Waals surface area contributed by atoms with Crippen LogP contribution in [0.25, 0.3) is 0 Å². The number of carboxylic acids is 1. The first-order chi connectivity index (χ1) is 8.50. The number of carboxylic acid groups (broad SMARTS) is 1. The molecule has 0 saturated heterocycles. The maximum Gasteiger partial charge on any atom is 1.00 e. The van der Waals surface area contributed by atoms with Gasteiger partial charge in [0.2, 0.25) is 0 Å². The van der Waals surface area contributed by atoms with Crippen molar-refractivity contribution >= 4 is 28.6 Å². The third-order valence-corrected chi connectivity index (χ3v) is 5.30. The van der Waals surface area contributed by atoms with Crippen LogP contribution in [0.2, 0.25) is 0 Å². The van der Waals surface area contributed by atoms with Crippen LogP contribution < -0.4 is 34.7 Å². The molecule has 0 aromatic heterocycles. The second-order valence-electron chi connectivity index (χ2n) is 4.86. The van der Waals surface area contributed by atoms with Crippen molar-refractivity contribution in [1.82, 2.24) is 0 Å². The summed E-state index contributed by atoms with van der Waals surface area (Å²) in [5.41, 5.74) is 1.06. The Balaban J connectivity index is 0.00000324. The number of carbonyl (C=O) groups excluding carboxylic acids is 1. The van der Waals surface area contributed by atoms with E-state index in [4.69, 9.17) is 0 Å². The molecule has 0 heterocycles. The number of carbonyl (C=O) groups is 1. The minimum Gasteiger partial charge on any atom is -0.549 e. The zero-order valence-corrected chi connectivity index (χ0v) is 16.1. The van der Waals surface area contributed by atoms with Gasteiger partial charge in [0.25, 0.3) is 0 Å². The van der Waals surface area contributed by atoms with Gasteiger partial charge < -0.3 is 9.90 Å². The summed E-state index contributed by atoms with van der Waals surface area (Å²) in [4.78, 5) is 11.5. The second-order valence-corrected chi connectivity index (χ2v) is 6.78. The molecule has 0 radical (unpaired) electrons. The Hall–Kier alpha value is 0.420. The smallest absolute Gasteiger partial charge is 0.549 e. The summed E-state index contributed by atoms with van der Waals surface area (Å²) in [6, 6.07) is 9.78. The number of hydrogen-bond acceptors (Lipinski definition) is 2. The van der Waals surface area contributed by atoms with Crippen molar-refractivity contribution in [2.75, 3.05) is 0 Å². The van der Waals surface area contributed by atoms with Crippen LogP contribution in [0.3, 0.4) is 0 Å². The van der Waals surface area contributed by atoms with Crippen molar-refractivity contribution < 1.29 is 39.5 Å². The number of hydrogen-bond donors (Lipinski definition) is 0. The number of alkyl halides is 1. The molecule has 1 aromatic rings. The van der Waals surface area contributed by atoms with Gasteiger partial charge in [0.05, 0.1) is 9.39 Å². The molecule has 0 bridgehead atoms. The van der Waals surface area contributed by atoms with Gasteiger partial charge in [-0.05, 0) is 24.3 Å². The maximum absolute atomic E-state index is 11.5. The van der Waals surface area contributed by atoms with Crippen LogP contribution in [0, 0.1) is 5.92 Å². The first-order valence-corrected chi connectivity index (χ1v) is 7.53. The minimum absolute atomic E-state index is 0. The van der Waals surface area contributed by atoms with E-state index in [0.717, 1.165) is 24.8 Å². The topological polar surface area (TPSA) is 40.1 Å². The third-order valence-electron chi connectivity index (χ3n) is 3.42. The quantitative estimate of drug-likeness (QED) is 0.378. The van der Waals surface area contributed by atoms with E-state index in [2.05, 4.69) is 29.5 Å². The van der Waals surface area contributed by atoms with E-state index in [1.54, 1.807) is 0 Å². The van der Waals surface area contributed by atoms with Crippen LogP contribution in [0.5, 0.6) is 0 Å². The van der Waals surface area contributed by atoms with Crippen molar-refractivity contribution in [3.05, 3.63) is 35.9 Å².